The molecule has 1 aromatic carbocycles. The van der Waals surface area contributed by atoms with Crippen LogP contribution >= 0.6 is 12.6 Å². The van der Waals surface area contributed by atoms with Crippen molar-refractivity contribution in [3.8, 4) is 5.75 Å². The van der Waals surface area contributed by atoms with Gasteiger partial charge in [0, 0.05) is 0 Å². The maximum absolute atomic E-state index is 5.30. The summed E-state index contributed by atoms with van der Waals surface area (Å²) in [5.74, 6) is 0.957. The van der Waals surface area contributed by atoms with Gasteiger partial charge in [0.15, 0.2) is 0 Å². The minimum absolute atomic E-state index is 0.0871. The average Bonchev–Trinajstić information content (AvgIpc) is 2.25. The van der Waals surface area contributed by atoms with Crippen molar-refractivity contribution in [1.29, 1.82) is 0 Å². The van der Waals surface area contributed by atoms with Crippen LogP contribution in [0.2, 0.25) is 0 Å². The number of hydrogen-bond acceptors (Lipinski definition) is 3. The Kier molecular flexibility index (Phi) is 2.94. The second-order valence-electron chi connectivity index (χ2n) is 3.90. The molecule has 0 N–H and O–H groups in total. The highest BCUT2D eigenvalue weighted by Gasteiger charge is 2.36. The second-order valence-corrected chi connectivity index (χ2v) is 4.76. The zero-order chi connectivity index (χ0) is 10.9. The molecule has 0 unspecified atom stereocenters. The summed E-state index contributed by atoms with van der Waals surface area (Å²) in [6.45, 7) is 3.53. The average molecular weight is 224 g/mol. The first-order valence-corrected chi connectivity index (χ1v) is 5.62. The Hall–Kier alpha value is -0.670. The molecule has 0 atom stereocenters. The molecule has 1 saturated heterocycles. The van der Waals surface area contributed by atoms with Crippen molar-refractivity contribution in [2.75, 3.05) is 20.3 Å². The number of ether oxygens (including phenoxy) is 2. The van der Waals surface area contributed by atoms with Crippen LogP contribution in [-0.2, 0) is 15.9 Å². The molecule has 1 heterocycles. The predicted octanol–water partition coefficient (Wildman–Crippen LogP) is 2.41. The van der Waals surface area contributed by atoms with E-state index in [1.54, 1.807) is 7.11 Å². The Bertz CT molecular complexity index is 359. The van der Waals surface area contributed by atoms with Crippen LogP contribution in [0.15, 0.2) is 18.2 Å². The number of aryl methyl sites for hydroxylation is 1. The lowest BCUT2D eigenvalue weighted by atomic mass is 9.94. The topological polar surface area (TPSA) is 18.5 Å². The molecular weight excluding hydrogens is 208 g/mol. The van der Waals surface area contributed by atoms with E-state index in [1.165, 1.54) is 11.1 Å². The molecular formula is C12H16O2S. The molecule has 15 heavy (non-hydrogen) atoms. The molecule has 0 bridgehead atoms. The predicted molar refractivity (Wildman–Crippen MR) is 63.9 cm³/mol. The Balaban J connectivity index is 2.34. The lowest BCUT2D eigenvalue weighted by Gasteiger charge is -2.37. The first kappa shape index (κ1) is 10.8. The molecule has 1 aliphatic rings. The fraction of sp³-hybridized carbons (Fsp3) is 0.500. The van der Waals surface area contributed by atoms with Gasteiger partial charge in [0.1, 0.15) is 5.75 Å². The summed E-state index contributed by atoms with van der Waals surface area (Å²) in [5.41, 5.74) is 2.46. The van der Waals surface area contributed by atoms with Crippen molar-refractivity contribution in [2.24, 2.45) is 0 Å². The summed E-state index contributed by atoms with van der Waals surface area (Å²) >= 11 is 4.65. The third kappa shape index (κ3) is 1.86. The SMILES string of the molecule is CCc1cc(C2(S)COC2)ccc1OC. The highest BCUT2D eigenvalue weighted by Crippen LogP contribution is 2.37. The fourth-order valence-corrected chi connectivity index (χ4v) is 2.13. The van der Waals surface area contributed by atoms with Crippen LogP contribution in [0.4, 0.5) is 0 Å². The fourth-order valence-electron chi connectivity index (χ4n) is 1.81. The number of hydrogen-bond donors (Lipinski definition) is 1. The third-order valence-electron chi connectivity index (χ3n) is 2.88. The quantitative estimate of drug-likeness (QED) is 0.795. The van der Waals surface area contributed by atoms with Gasteiger partial charge in [-0.25, -0.2) is 0 Å². The molecule has 1 aromatic rings. The maximum atomic E-state index is 5.30. The van der Waals surface area contributed by atoms with Gasteiger partial charge in [-0.15, -0.1) is 0 Å². The molecule has 1 aliphatic heterocycles. The standard InChI is InChI=1S/C12H16O2S/c1-3-9-6-10(4-5-11(9)13-2)12(15)7-14-8-12/h4-6,15H,3,7-8H2,1-2H3. The van der Waals surface area contributed by atoms with Gasteiger partial charge in [-0.2, -0.15) is 12.6 Å². The van der Waals surface area contributed by atoms with Crippen molar-refractivity contribution in [2.45, 2.75) is 18.1 Å². The van der Waals surface area contributed by atoms with Gasteiger partial charge in [0.05, 0.1) is 25.1 Å². The highest BCUT2D eigenvalue weighted by molar-refractivity contribution is 7.81. The number of benzene rings is 1. The molecule has 3 heteroatoms. The van der Waals surface area contributed by atoms with Crippen molar-refractivity contribution >= 4 is 12.6 Å². The minimum atomic E-state index is -0.0871. The van der Waals surface area contributed by atoms with E-state index in [1.807, 2.05) is 6.07 Å². The number of methoxy groups -OCH3 is 1. The van der Waals surface area contributed by atoms with E-state index >= 15 is 0 Å². The first-order chi connectivity index (χ1) is 7.19. The van der Waals surface area contributed by atoms with Gasteiger partial charge in [-0.1, -0.05) is 19.1 Å². The van der Waals surface area contributed by atoms with Crippen molar-refractivity contribution in [3.05, 3.63) is 29.3 Å². The van der Waals surface area contributed by atoms with Gasteiger partial charge < -0.3 is 9.47 Å². The summed E-state index contributed by atoms with van der Waals surface area (Å²) in [4.78, 5) is 0. The van der Waals surface area contributed by atoms with Crippen molar-refractivity contribution in [3.63, 3.8) is 0 Å². The van der Waals surface area contributed by atoms with E-state index in [2.05, 4.69) is 31.7 Å². The van der Waals surface area contributed by atoms with Gasteiger partial charge in [0.2, 0.25) is 0 Å². The van der Waals surface area contributed by atoms with E-state index in [4.69, 9.17) is 9.47 Å². The summed E-state index contributed by atoms with van der Waals surface area (Å²) in [5, 5.41) is 0. The zero-order valence-corrected chi connectivity index (χ0v) is 10.0. The largest absolute Gasteiger partial charge is 0.496 e. The molecule has 0 saturated carbocycles. The Labute approximate surface area is 96.0 Å². The molecule has 2 nitrogen and oxygen atoms in total. The normalized spacial score (nSPS) is 18.3. The lowest BCUT2D eigenvalue weighted by Crippen LogP contribution is -2.41. The van der Waals surface area contributed by atoms with Crippen LogP contribution in [-0.4, -0.2) is 20.3 Å². The molecule has 0 aliphatic carbocycles. The van der Waals surface area contributed by atoms with E-state index in [9.17, 15) is 0 Å². The molecule has 0 radical (unpaired) electrons. The smallest absolute Gasteiger partial charge is 0.122 e. The number of rotatable bonds is 3. The van der Waals surface area contributed by atoms with Gasteiger partial charge in [-0.05, 0) is 23.6 Å². The maximum Gasteiger partial charge on any atom is 0.122 e. The molecule has 1 fully saturated rings. The summed E-state index contributed by atoms with van der Waals surface area (Å²) in [6, 6.07) is 6.27. The highest BCUT2D eigenvalue weighted by atomic mass is 32.1. The Morgan fingerprint density at radius 1 is 1.47 bits per heavy atom. The van der Waals surface area contributed by atoms with E-state index in [0.717, 1.165) is 12.2 Å². The molecule has 0 amide bonds. The van der Waals surface area contributed by atoms with Crippen LogP contribution in [0.1, 0.15) is 18.1 Å². The summed E-state index contributed by atoms with van der Waals surface area (Å²) in [7, 11) is 1.71. The van der Waals surface area contributed by atoms with E-state index in [0.29, 0.717) is 13.2 Å². The lowest BCUT2D eigenvalue weighted by molar-refractivity contribution is -0.00973. The first-order valence-electron chi connectivity index (χ1n) is 5.17. The summed E-state index contributed by atoms with van der Waals surface area (Å²) in [6.07, 6.45) is 0.974. The third-order valence-corrected chi connectivity index (χ3v) is 3.40. The van der Waals surface area contributed by atoms with Crippen LogP contribution in [0.25, 0.3) is 0 Å². The summed E-state index contributed by atoms with van der Waals surface area (Å²) < 4.78 is 10.4. The molecule has 82 valence electrons. The monoisotopic (exact) mass is 224 g/mol. The molecule has 0 aromatic heterocycles. The van der Waals surface area contributed by atoms with E-state index < -0.39 is 0 Å². The van der Waals surface area contributed by atoms with Crippen LogP contribution < -0.4 is 4.74 Å². The van der Waals surface area contributed by atoms with Gasteiger partial charge in [0.25, 0.3) is 0 Å². The Morgan fingerprint density at radius 2 is 2.20 bits per heavy atom. The number of thiol groups is 1. The van der Waals surface area contributed by atoms with Crippen molar-refractivity contribution in [1.82, 2.24) is 0 Å². The van der Waals surface area contributed by atoms with Crippen LogP contribution in [0.3, 0.4) is 0 Å². The molecule has 2 rings (SSSR count). The zero-order valence-electron chi connectivity index (χ0n) is 9.12. The Morgan fingerprint density at radius 3 is 2.67 bits per heavy atom. The van der Waals surface area contributed by atoms with Gasteiger partial charge in [-0.3, -0.25) is 0 Å². The van der Waals surface area contributed by atoms with E-state index in [-0.39, 0.29) is 4.75 Å². The van der Waals surface area contributed by atoms with Gasteiger partial charge >= 0.3 is 0 Å². The van der Waals surface area contributed by atoms with Crippen molar-refractivity contribution < 1.29 is 9.47 Å². The van der Waals surface area contributed by atoms with Crippen LogP contribution in [0, 0.1) is 0 Å². The molecule has 0 spiro atoms. The van der Waals surface area contributed by atoms with Crippen LogP contribution in [0.5, 0.6) is 5.75 Å². The minimum Gasteiger partial charge on any atom is -0.496 e. The second kappa shape index (κ2) is 4.06.